The maximum atomic E-state index is 13.9. The third-order valence-corrected chi connectivity index (χ3v) is 6.47. The van der Waals surface area contributed by atoms with Crippen LogP contribution < -0.4 is 10.1 Å². The minimum absolute atomic E-state index is 0.0260. The van der Waals surface area contributed by atoms with Crippen LogP contribution in [0.5, 0.6) is 5.75 Å². The van der Waals surface area contributed by atoms with E-state index >= 15 is 0 Å². The zero-order valence-electron chi connectivity index (χ0n) is 20.4. The molecular weight excluding hydrogens is 461 g/mol. The number of halogens is 3. The van der Waals surface area contributed by atoms with Crippen molar-refractivity contribution >= 4 is 16.9 Å². The SMILES string of the molecule is CNC(C)(C(=O)OCC(O)COc1ccc(-c2cc3ccccc3n2C)c(C(F)(F)F)c1)C(C)C. The molecule has 0 radical (unpaired) electrons. The molecule has 2 atom stereocenters. The molecule has 3 aromatic rings. The molecule has 1 aromatic heterocycles. The molecule has 190 valence electrons. The average molecular weight is 493 g/mol. The van der Waals surface area contributed by atoms with Gasteiger partial charge in [0.25, 0.3) is 0 Å². The lowest BCUT2D eigenvalue weighted by molar-refractivity contribution is -0.156. The van der Waals surface area contributed by atoms with E-state index in [0.717, 1.165) is 17.0 Å². The van der Waals surface area contributed by atoms with Crippen LogP contribution in [0.15, 0.2) is 48.5 Å². The highest BCUT2D eigenvalue weighted by Crippen LogP contribution is 2.40. The van der Waals surface area contributed by atoms with E-state index in [1.54, 1.807) is 31.7 Å². The number of rotatable bonds is 9. The summed E-state index contributed by atoms with van der Waals surface area (Å²) in [5, 5.41) is 13.9. The Labute approximate surface area is 202 Å². The lowest BCUT2D eigenvalue weighted by Gasteiger charge is -2.31. The number of carbonyl (C=O) groups is 1. The van der Waals surface area contributed by atoms with Gasteiger partial charge in [0.05, 0.1) is 5.56 Å². The molecule has 0 aliphatic rings. The molecule has 0 saturated heterocycles. The number of para-hydroxylation sites is 1. The fraction of sp³-hybridized carbons (Fsp3) is 0.423. The number of aromatic nitrogens is 1. The van der Waals surface area contributed by atoms with Crippen molar-refractivity contribution in [3.8, 4) is 17.0 Å². The molecule has 0 aliphatic heterocycles. The van der Waals surface area contributed by atoms with Crippen molar-refractivity contribution in [3.05, 3.63) is 54.1 Å². The zero-order valence-corrected chi connectivity index (χ0v) is 20.4. The smallest absolute Gasteiger partial charge is 0.417 e. The second-order valence-electron chi connectivity index (χ2n) is 9.02. The summed E-state index contributed by atoms with van der Waals surface area (Å²) in [6.45, 7) is 4.73. The van der Waals surface area contributed by atoms with Crippen molar-refractivity contribution in [1.29, 1.82) is 0 Å². The Kier molecular flexibility index (Phi) is 7.81. The summed E-state index contributed by atoms with van der Waals surface area (Å²) in [7, 11) is 3.36. The Morgan fingerprint density at radius 3 is 2.40 bits per heavy atom. The standard InChI is InChI=1S/C26H31F3N2O4/c1-16(2)25(3,30-4)24(33)35-15-18(32)14-34-19-10-11-20(21(13-19)26(27,28)29)23-12-17-8-6-7-9-22(17)31(23)5/h6-13,16,18,30,32H,14-15H2,1-5H3. The predicted molar refractivity (Wildman–Crippen MR) is 128 cm³/mol. The first-order chi connectivity index (χ1) is 16.4. The van der Waals surface area contributed by atoms with Gasteiger partial charge in [0, 0.05) is 29.2 Å². The number of ether oxygens (including phenoxy) is 2. The number of carbonyl (C=O) groups excluding carboxylic acids is 1. The quantitative estimate of drug-likeness (QED) is 0.421. The number of hydrogen-bond acceptors (Lipinski definition) is 5. The van der Waals surface area contributed by atoms with E-state index in [4.69, 9.17) is 9.47 Å². The number of aliphatic hydroxyl groups is 1. The second kappa shape index (κ2) is 10.3. The average Bonchev–Trinajstić information content (AvgIpc) is 3.16. The highest BCUT2D eigenvalue weighted by molar-refractivity contribution is 5.87. The van der Waals surface area contributed by atoms with E-state index in [9.17, 15) is 23.1 Å². The number of hydrogen-bond donors (Lipinski definition) is 2. The molecule has 35 heavy (non-hydrogen) atoms. The van der Waals surface area contributed by atoms with E-state index < -0.39 is 29.4 Å². The molecule has 1 heterocycles. The van der Waals surface area contributed by atoms with Gasteiger partial charge in [0.2, 0.25) is 0 Å². The van der Waals surface area contributed by atoms with Crippen LogP contribution in [0.25, 0.3) is 22.2 Å². The van der Waals surface area contributed by atoms with Crippen molar-refractivity contribution in [1.82, 2.24) is 9.88 Å². The lowest BCUT2D eigenvalue weighted by Crippen LogP contribution is -2.53. The Bertz CT molecular complexity index is 1190. The van der Waals surface area contributed by atoms with Crippen LogP contribution in [0, 0.1) is 5.92 Å². The molecule has 2 unspecified atom stereocenters. The Balaban J connectivity index is 1.75. The third kappa shape index (κ3) is 5.62. The Morgan fingerprint density at radius 2 is 1.80 bits per heavy atom. The number of fused-ring (bicyclic) bond motifs is 1. The number of alkyl halides is 3. The van der Waals surface area contributed by atoms with E-state index in [0.29, 0.717) is 5.69 Å². The normalized spacial score (nSPS) is 14.7. The minimum atomic E-state index is -4.62. The number of benzene rings is 2. The van der Waals surface area contributed by atoms with E-state index in [1.807, 2.05) is 38.1 Å². The topological polar surface area (TPSA) is 72.7 Å². The van der Waals surface area contributed by atoms with Crippen molar-refractivity contribution in [2.24, 2.45) is 13.0 Å². The number of likely N-dealkylation sites (N-methyl/N-ethyl adjacent to an activating group) is 1. The van der Waals surface area contributed by atoms with Gasteiger partial charge in [0.15, 0.2) is 0 Å². The van der Waals surface area contributed by atoms with Gasteiger partial charge in [-0.3, -0.25) is 4.79 Å². The summed E-state index contributed by atoms with van der Waals surface area (Å²) < 4.78 is 54.1. The van der Waals surface area contributed by atoms with Gasteiger partial charge >= 0.3 is 12.1 Å². The number of nitrogens with zero attached hydrogens (tertiary/aromatic N) is 1. The Hall–Kier alpha value is -3.04. The third-order valence-electron chi connectivity index (χ3n) is 6.47. The molecule has 0 aliphatic carbocycles. The van der Waals surface area contributed by atoms with E-state index in [-0.39, 0.29) is 30.4 Å². The number of aliphatic hydroxyl groups excluding tert-OH is 1. The maximum Gasteiger partial charge on any atom is 0.417 e. The monoisotopic (exact) mass is 492 g/mol. The molecule has 3 rings (SSSR count). The minimum Gasteiger partial charge on any atom is -0.491 e. The second-order valence-corrected chi connectivity index (χ2v) is 9.02. The van der Waals surface area contributed by atoms with Gasteiger partial charge < -0.3 is 24.5 Å². The predicted octanol–water partition coefficient (Wildman–Crippen LogP) is 4.78. The molecule has 0 fully saturated rings. The van der Waals surface area contributed by atoms with Gasteiger partial charge in [-0.1, -0.05) is 32.0 Å². The Morgan fingerprint density at radius 1 is 1.11 bits per heavy atom. The molecule has 0 amide bonds. The van der Waals surface area contributed by atoms with Crippen LogP contribution >= 0.6 is 0 Å². The highest BCUT2D eigenvalue weighted by Gasteiger charge is 2.37. The fourth-order valence-electron chi connectivity index (χ4n) is 3.81. The van der Waals surface area contributed by atoms with Gasteiger partial charge in [-0.2, -0.15) is 13.2 Å². The number of nitrogens with one attached hydrogen (secondary N) is 1. The zero-order chi connectivity index (χ0) is 26.0. The largest absolute Gasteiger partial charge is 0.491 e. The summed E-state index contributed by atoms with van der Waals surface area (Å²) in [5.41, 5.74) is -0.503. The first-order valence-electron chi connectivity index (χ1n) is 11.3. The molecule has 0 bridgehead atoms. The molecule has 6 nitrogen and oxygen atoms in total. The maximum absolute atomic E-state index is 13.9. The van der Waals surface area contributed by atoms with Crippen LogP contribution in [0.2, 0.25) is 0 Å². The van der Waals surface area contributed by atoms with Crippen LogP contribution in [-0.2, 0) is 22.8 Å². The molecule has 0 spiro atoms. The van der Waals surface area contributed by atoms with Gasteiger partial charge in [-0.25, -0.2) is 0 Å². The number of esters is 1. The van der Waals surface area contributed by atoms with E-state index in [1.165, 1.54) is 12.1 Å². The first-order valence-corrected chi connectivity index (χ1v) is 11.3. The van der Waals surface area contributed by atoms with Crippen molar-refractivity contribution in [3.63, 3.8) is 0 Å². The molecule has 0 saturated carbocycles. The van der Waals surface area contributed by atoms with Crippen molar-refractivity contribution < 1.29 is 32.5 Å². The summed E-state index contributed by atoms with van der Waals surface area (Å²) in [6, 6.07) is 12.8. The lowest BCUT2D eigenvalue weighted by atomic mass is 9.89. The van der Waals surface area contributed by atoms with Gasteiger partial charge in [0.1, 0.15) is 30.6 Å². The summed E-state index contributed by atoms with van der Waals surface area (Å²) in [6.07, 6.45) is -5.83. The molecule has 9 heteroatoms. The van der Waals surface area contributed by atoms with Crippen LogP contribution in [0.3, 0.4) is 0 Å². The fourth-order valence-corrected chi connectivity index (χ4v) is 3.81. The summed E-state index contributed by atoms with van der Waals surface area (Å²) in [4.78, 5) is 12.4. The first kappa shape index (κ1) is 26.6. The van der Waals surface area contributed by atoms with Crippen LogP contribution in [0.1, 0.15) is 26.3 Å². The molecule has 2 N–H and O–H groups in total. The summed E-state index contributed by atoms with van der Waals surface area (Å²) in [5.74, 6) is -0.644. The summed E-state index contributed by atoms with van der Waals surface area (Å²) >= 11 is 0. The highest BCUT2D eigenvalue weighted by atomic mass is 19.4. The van der Waals surface area contributed by atoms with E-state index in [2.05, 4.69) is 5.32 Å². The van der Waals surface area contributed by atoms with Crippen LogP contribution in [0.4, 0.5) is 13.2 Å². The van der Waals surface area contributed by atoms with Crippen molar-refractivity contribution in [2.75, 3.05) is 20.3 Å². The van der Waals surface area contributed by atoms with Gasteiger partial charge in [-0.15, -0.1) is 0 Å². The number of aryl methyl sites for hydroxylation is 1. The van der Waals surface area contributed by atoms with Crippen molar-refractivity contribution in [2.45, 2.75) is 38.6 Å². The molecule has 2 aromatic carbocycles. The van der Waals surface area contributed by atoms with Crippen LogP contribution in [-0.4, -0.2) is 47.5 Å². The van der Waals surface area contributed by atoms with Gasteiger partial charge in [-0.05, 0) is 50.2 Å². The molecular formula is C26H31F3N2O4.